The van der Waals surface area contributed by atoms with Gasteiger partial charge in [-0.3, -0.25) is 4.98 Å². The molecular formula is C7H5BrN4O2. The van der Waals surface area contributed by atoms with Gasteiger partial charge in [0.15, 0.2) is 0 Å². The summed E-state index contributed by atoms with van der Waals surface area (Å²) in [7, 11) is 0. The minimum absolute atomic E-state index is 0.451. The second-order valence-corrected chi connectivity index (χ2v) is 3.38. The van der Waals surface area contributed by atoms with Crippen LogP contribution in [0.3, 0.4) is 0 Å². The molecule has 0 atom stereocenters. The first kappa shape index (κ1) is 8.95. The quantitative estimate of drug-likeness (QED) is 0.754. The molecule has 2 aromatic heterocycles. The van der Waals surface area contributed by atoms with Crippen molar-refractivity contribution in [3.05, 3.63) is 43.9 Å². The van der Waals surface area contributed by atoms with Gasteiger partial charge in [-0.2, -0.15) is 0 Å². The van der Waals surface area contributed by atoms with Gasteiger partial charge in [0.1, 0.15) is 0 Å². The predicted octanol–water partition coefficient (Wildman–Crippen LogP) is 0.0114. The molecule has 0 radical (unpaired) electrons. The zero-order valence-corrected chi connectivity index (χ0v) is 8.41. The lowest BCUT2D eigenvalue weighted by molar-refractivity contribution is 0.941. The number of nitrogens with zero attached hydrogens (tertiary/aromatic N) is 2. The maximum atomic E-state index is 11.2. The second kappa shape index (κ2) is 3.26. The third kappa shape index (κ3) is 1.31. The molecule has 0 bridgehead atoms. The van der Waals surface area contributed by atoms with Crippen LogP contribution in [0.1, 0.15) is 0 Å². The molecular weight excluding hydrogens is 252 g/mol. The molecule has 2 aromatic rings. The first-order valence-corrected chi connectivity index (χ1v) is 4.49. The van der Waals surface area contributed by atoms with Gasteiger partial charge in [0.25, 0.3) is 0 Å². The zero-order chi connectivity index (χ0) is 10.1. The third-order valence-corrected chi connectivity index (χ3v) is 2.29. The van der Waals surface area contributed by atoms with Crippen molar-refractivity contribution in [2.45, 2.75) is 0 Å². The van der Waals surface area contributed by atoms with Crippen LogP contribution in [0.2, 0.25) is 0 Å². The Labute approximate surface area is 85.7 Å². The van der Waals surface area contributed by atoms with Crippen LogP contribution >= 0.6 is 15.9 Å². The summed E-state index contributed by atoms with van der Waals surface area (Å²) in [6, 6.07) is 1.56. The summed E-state index contributed by atoms with van der Waals surface area (Å²) in [6.07, 6.45) is 3.01. The van der Waals surface area contributed by atoms with Crippen molar-refractivity contribution in [3.8, 4) is 5.69 Å². The van der Waals surface area contributed by atoms with E-state index in [0.717, 1.165) is 4.57 Å². The van der Waals surface area contributed by atoms with Crippen LogP contribution in [0.5, 0.6) is 0 Å². The van der Waals surface area contributed by atoms with E-state index in [1.807, 2.05) is 0 Å². The lowest BCUT2D eigenvalue weighted by Gasteiger charge is -1.99. The predicted molar refractivity (Wildman–Crippen MR) is 52.5 cm³/mol. The van der Waals surface area contributed by atoms with E-state index in [2.05, 4.69) is 31.1 Å². The molecule has 2 heterocycles. The summed E-state index contributed by atoms with van der Waals surface area (Å²) < 4.78 is 1.55. The first-order chi connectivity index (χ1) is 6.70. The molecule has 0 saturated heterocycles. The molecule has 2 rings (SSSR count). The molecule has 0 aromatic carbocycles. The zero-order valence-electron chi connectivity index (χ0n) is 6.82. The summed E-state index contributed by atoms with van der Waals surface area (Å²) in [5.41, 5.74) is -0.573. The van der Waals surface area contributed by atoms with Gasteiger partial charge in [-0.05, 0) is 22.0 Å². The molecule has 6 nitrogen and oxygen atoms in total. The summed E-state index contributed by atoms with van der Waals surface area (Å²) in [5.74, 6) is 0. The Kier molecular flexibility index (Phi) is 2.08. The highest BCUT2D eigenvalue weighted by molar-refractivity contribution is 9.10. The Balaban J connectivity index is 2.79. The standard InChI is InChI=1S/C7H5BrN4O2/c8-4-3-9-2-1-5(4)12-6(13)10-11-7(12)14/h1-3H,(H,10,13)(H,11,14). The smallest absolute Gasteiger partial charge is 0.263 e. The van der Waals surface area contributed by atoms with Crippen molar-refractivity contribution in [2.24, 2.45) is 0 Å². The summed E-state index contributed by atoms with van der Waals surface area (Å²) in [6.45, 7) is 0. The van der Waals surface area contributed by atoms with Crippen LogP contribution in [0.15, 0.2) is 32.5 Å². The average molecular weight is 257 g/mol. The SMILES string of the molecule is O=c1[nH][nH]c(=O)n1-c1ccncc1Br. The fourth-order valence-corrected chi connectivity index (χ4v) is 1.51. The maximum absolute atomic E-state index is 11.2. The highest BCUT2D eigenvalue weighted by Gasteiger charge is 2.08. The number of pyridine rings is 1. The molecule has 0 spiro atoms. The molecule has 2 N–H and O–H groups in total. The van der Waals surface area contributed by atoms with Gasteiger partial charge in [-0.1, -0.05) is 0 Å². The molecule has 0 aliphatic carbocycles. The van der Waals surface area contributed by atoms with Crippen molar-refractivity contribution in [1.29, 1.82) is 0 Å². The van der Waals surface area contributed by atoms with E-state index in [4.69, 9.17) is 0 Å². The number of rotatable bonds is 1. The highest BCUT2D eigenvalue weighted by atomic mass is 79.9. The second-order valence-electron chi connectivity index (χ2n) is 2.52. The number of H-pyrrole nitrogens is 2. The van der Waals surface area contributed by atoms with Gasteiger partial charge >= 0.3 is 11.4 Å². The van der Waals surface area contributed by atoms with Gasteiger partial charge < -0.3 is 0 Å². The lowest BCUT2D eigenvalue weighted by Crippen LogP contribution is -2.24. The Morgan fingerprint density at radius 2 is 1.93 bits per heavy atom. The number of halogens is 1. The Bertz CT molecular complexity index is 540. The van der Waals surface area contributed by atoms with Gasteiger partial charge in [0.05, 0.1) is 10.2 Å². The molecule has 0 unspecified atom stereocenters. The van der Waals surface area contributed by atoms with E-state index in [1.165, 1.54) is 12.4 Å². The van der Waals surface area contributed by atoms with E-state index in [1.54, 1.807) is 6.07 Å². The number of aromatic nitrogens is 4. The summed E-state index contributed by atoms with van der Waals surface area (Å²) in [4.78, 5) is 26.3. The van der Waals surface area contributed by atoms with Crippen LogP contribution < -0.4 is 11.4 Å². The van der Waals surface area contributed by atoms with Crippen LogP contribution in [0.25, 0.3) is 5.69 Å². The molecule has 0 fully saturated rings. The molecule has 72 valence electrons. The molecule has 0 aliphatic heterocycles. The van der Waals surface area contributed by atoms with Crippen molar-refractivity contribution >= 4 is 15.9 Å². The van der Waals surface area contributed by atoms with E-state index in [-0.39, 0.29) is 0 Å². The average Bonchev–Trinajstić information content (AvgIpc) is 2.48. The van der Waals surface area contributed by atoms with Crippen LogP contribution in [-0.4, -0.2) is 19.7 Å². The number of hydrogen-bond acceptors (Lipinski definition) is 3. The maximum Gasteiger partial charge on any atom is 0.349 e. The topological polar surface area (TPSA) is 83.5 Å². The molecule has 14 heavy (non-hydrogen) atoms. The number of aromatic amines is 2. The fourth-order valence-electron chi connectivity index (χ4n) is 1.08. The first-order valence-electron chi connectivity index (χ1n) is 3.70. The van der Waals surface area contributed by atoms with Crippen molar-refractivity contribution in [1.82, 2.24) is 19.7 Å². The molecule has 0 aliphatic rings. The van der Waals surface area contributed by atoms with Crippen molar-refractivity contribution in [2.75, 3.05) is 0 Å². The van der Waals surface area contributed by atoms with Gasteiger partial charge in [-0.25, -0.2) is 24.4 Å². The van der Waals surface area contributed by atoms with Gasteiger partial charge in [0.2, 0.25) is 0 Å². The molecule has 0 saturated carbocycles. The number of hydrogen-bond donors (Lipinski definition) is 2. The largest absolute Gasteiger partial charge is 0.349 e. The monoisotopic (exact) mass is 256 g/mol. The Morgan fingerprint density at radius 1 is 1.29 bits per heavy atom. The third-order valence-electron chi connectivity index (χ3n) is 1.67. The minimum atomic E-state index is -0.512. The Morgan fingerprint density at radius 3 is 2.50 bits per heavy atom. The van der Waals surface area contributed by atoms with Crippen molar-refractivity contribution in [3.63, 3.8) is 0 Å². The van der Waals surface area contributed by atoms with Gasteiger partial charge in [0, 0.05) is 12.4 Å². The van der Waals surface area contributed by atoms with E-state index >= 15 is 0 Å². The van der Waals surface area contributed by atoms with E-state index in [0.29, 0.717) is 10.2 Å². The van der Waals surface area contributed by atoms with Crippen LogP contribution in [0, 0.1) is 0 Å². The summed E-state index contributed by atoms with van der Waals surface area (Å²) >= 11 is 3.20. The van der Waals surface area contributed by atoms with E-state index < -0.39 is 11.4 Å². The lowest BCUT2D eigenvalue weighted by atomic mass is 10.4. The van der Waals surface area contributed by atoms with Crippen LogP contribution in [-0.2, 0) is 0 Å². The Hall–Kier alpha value is -1.63. The van der Waals surface area contributed by atoms with Gasteiger partial charge in [-0.15, -0.1) is 0 Å². The normalized spacial score (nSPS) is 10.4. The van der Waals surface area contributed by atoms with E-state index in [9.17, 15) is 9.59 Å². The summed E-state index contributed by atoms with van der Waals surface area (Å²) in [5, 5.41) is 4.38. The minimum Gasteiger partial charge on any atom is -0.263 e. The highest BCUT2D eigenvalue weighted by Crippen LogP contribution is 2.15. The van der Waals surface area contributed by atoms with Crippen LogP contribution in [0.4, 0.5) is 0 Å². The van der Waals surface area contributed by atoms with Crippen molar-refractivity contribution < 1.29 is 0 Å². The molecule has 0 amide bonds. The molecule has 7 heteroatoms. The number of nitrogens with one attached hydrogen (secondary N) is 2. The fraction of sp³-hybridized carbons (Fsp3) is 0.